The maximum absolute atomic E-state index is 12.9. The molecular formula is C23H23OP. The van der Waals surface area contributed by atoms with Gasteiger partial charge in [0.25, 0.3) is 0 Å². The minimum Gasteiger partial charge on any atom is -0.295 e. The number of carbonyl (C=O) groups excluding carboxylic acids is 1. The van der Waals surface area contributed by atoms with Gasteiger partial charge in [0.1, 0.15) is 0 Å². The maximum Gasteiger partial charge on any atom is 0.159 e. The van der Waals surface area contributed by atoms with E-state index in [4.69, 9.17) is 0 Å². The molecule has 126 valence electrons. The molecule has 0 saturated heterocycles. The van der Waals surface area contributed by atoms with E-state index in [-0.39, 0.29) is 5.78 Å². The second-order valence-electron chi connectivity index (χ2n) is 6.04. The lowest BCUT2D eigenvalue weighted by atomic mass is 10.2. The first-order valence-corrected chi connectivity index (χ1v) is 10.4. The fraction of sp³-hybridized carbons (Fsp3) is 0.130. The summed E-state index contributed by atoms with van der Waals surface area (Å²) in [7, 11) is 0. The Labute approximate surface area is 150 Å². The summed E-state index contributed by atoms with van der Waals surface area (Å²) in [6.07, 6.45) is 0.528. The predicted octanol–water partition coefficient (Wildman–Crippen LogP) is 4.15. The molecule has 25 heavy (non-hydrogen) atoms. The Bertz CT molecular complexity index is 793. The summed E-state index contributed by atoms with van der Waals surface area (Å²) < 4.78 is 0. The van der Waals surface area contributed by atoms with Crippen molar-refractivity contribution in [2.24, 2.45) is 0 Å². The van der Waals surface area contributed by atoms with Crippen molar-refractivity contribution in [2.45, 2.75) is 20.3 Å². The van der Waals surface area contributed by atoms with Crippen LogP contribution in [-0.2, 0) is 4.79 Å². The van der Waals surface area contributed by atoms with E-state index in [1.807, 2.05) is 32.0 Å². The highest BCUT2D eigenvalue weighted by atomic mass is 31.2. The van der Waals surface area contributed by atoms with Crippen molar-refractivity contribution in [3.8, 4) is 0 Å². The summed E-state index contributed by atoms with van der Waals surface area (Å²) in [5.74, 6) is 0.241. The van der Waals surface area contributed by atoms with Crippen LogP contribution >= 0.6 is 6.89 Å². The van der Waals surface area contributed by atoms with Crippen LogP contribution in [-0.4, -0.2) is 11.1 Å². The highest BCUT2D eigenvalue weighted by Gasteiger charge is 2.29. The standard InChI is InChI=1S/C23H23OP/c1-3-23(24)19(2)25(20-13-7-4-8-14-20,21-15-9-5-10-16-21)22-17-11-6-12-18-22/h4-18H,3H2,1-2H3. The quantitative estimate of drug-likeness (QED) is 0.634. The molecule has 0 heterocycles. The van der Waals surface area contributed by atoms with Crippen LogP contribution in [0.15, 0.2) is 91.0 Å². The Hall–Kier alpha value is -2.37. The molecule has 3 aromatic carbocycles. The molecule has 0 fully saturated rings. The predicted molar refractivity (Wildman–Crippen MR) is 111 cm³/mol. The van der Waals surface area contributed by atoms with Gasteiger partial charge in [-0.2, -0.15) is 0 Å². The lowest BCUT2D eigenvalue weighted by Crippen LogP contribution is -2.32. The van der Waals surface area contributed by atoms with Crippen molar-refractivity contribution >= 4 is 33.9 Å². The normalized spacial score (nSPS) is 11.1. The number of rotatable bonds is 5. The molecule has 3 rings (SSSR count). The monoisotopic (exact) mass is 346 g/mol. The van der Waals surface area contributed by atoms with Crippen LogP contribution in [0.25, 0.3) is 0 Å². The van der Waals surface area contributed by atoms with Crippen LogP contribution < -0.4 is 15.9 Å². The van der Waals surface area contributed by atoms with Gasteiger partial charge in [0.15, 0.2) is 5.78 Å². The fourth-order valence-electron chi connectivity index (χ4n) is 3.43. The molecule has 0 radical (unpaired) electrons. The van der Waals surface area contributed by atoms with Crippen molar-refractivity contribution in [3.05, 3.63) is 91.0 Å². The summed E-state index contributed by atoms with van der Waals surface area (Å²) >= 11 is 0. The average Bonchev–Trinajstić information content (AvgIpc) is 2.70. The van der Waals surface area contributed by atoms with Gasteiger partial charge in [-0.15, -0.1) is 0 Å². The molecule has 0 aliphatic carbocycles. The van der Waals surface area contributed by atoms with E-state index in [1.54, 1.807) is 0 Å². The number of ketones is 1. The molecular weight excluding hydrogens is 323 g/mol. The summed E-state index contributed by atoms with van der Waals surface area (Å²) in [6, 6.07) is 31.5. The minimum atomic E-state index is -2.15. The highest BCUT2D eigenvalue weighted by Crippen LogP contribution is 2.46. The Balaban J connectivity index is 2.52. The van der Waals surface area contributed by atoms with Crippen molar-refractivity contribution < 1.29 is 4.79 Å². The topological polar surface area (TPSA) is 17.1 Å². The van der Waals surface area contributed by atoms with E-state index >= 15 is 0 Å². The van der Waals surface area contributed by atoms with Gasteiger partial charge in [-0.3, -0.25) is 4.79 Å². The molecule has 0 atom stereocenters. The van der Waals surface area contributed by atoms with Gasteiger partial charge in [-0.1, -0.05) is 97.9 Å². The molecule has 0 N–H and O–H groups in total. The smallest absolute Gasteiger partial charge is 0.159 e. The van der Waals surface area contributed by atoms with Crippen molar-refractivity contribution in [2.75, 3.05) is 0 Å². The van der Waals surface area contributed by atoms with Gasteiger partial charge in [0.05, 0.1) is 0 Å². The van der Waals surface area contributed by atoms with Gasteiger partial charge in [0, 0.05) is 11.7 Å². The summed E-state index contributed by atoms with van der Waals surface area (Å²) in [5, 5.41) is 4.66. The first kappa shape index (κ1) is 17.5. The van der Waals surface area contributed by atoms with Gasteiger partial charge in [-0.05, 0) is 29.7 Å². The molecule has 1 nitrogen and oxygen atoms in total. The zero-order chi connectivity index (χ0) is 17.7. The van der Waals surface area contributed by atoms with E-state index in [9.17, 15) is 4.79 Å². The Morgan fingerprint density at radius 1 is 0.680 bits per heavy atom. The zero-order valence-electron chi connectivity index (χ0n) is 14.7. The van der Waals surface area contributed by atoms with Crippen LogP contribution in [0.3, 0.4) is 0 Å². The van der Waals surface area contributed by atoms with Gasteiger partial charge < -0.3 is 0 Å². The number of Topliss-reactive ketones (excluding diaryl/α,β-unsaturated/α-hetero) is 1. The largest absolute Gasteiger partial charge is 0.295 e. The van der Waals surface area contributed by atoms with Crippen LogP contribution in [0.2, 0.25) is 0 Å². The molecule has 0 saturated carbocycles. The van der Waals surface area contributed by atoms with Gasteiger partial charge >= 0.3 is 0 Å². The molecule has 3 aromatic rings. The summed E-state index contributed by atoms with van der Waals surface area (Å²) in [5.41, 5.74) is 0. The second kappa shape index (κ2) is 7.68. The zero-order valence-corrected chi connectivity index (χ0v) is 15.6. The van der Waals surface area contributed by atoms with Crippen molar-refractivity contribution in [1.29, 1.82) is 0 Å². The number of hydrogen-bond acceptors (Lipinski definition) is 1. The third kappa shape index (κ3) is 3.13. The van der Waals surface area contributed by atoms with Crippen molar-refractivity contribution in [1.82, 2.24) is 0 Å². The second-order valence-corrected chi connectivity index (χ2v) is 9.60. The summed E-state index contributed by atoms with van der Waals surface area (Å²) in [4.78, 5) is 12.9. The maximum atomic E-state index is 12.9. The van der Waals surface area contributed by atoms with E-state index < -0.39 is 6.89 Å². The van der Waals surface area contributed by atoms with Crippen LogP contribution in [0, 0.1) is 0 Å². The third-order valence-corrected chi connectivity index (χ3v) is 9.13. The van der Waals surface area contributed by atoms with Gasteiger partial charge in [0.2, 0.25) is 0 Å². The van der Waals surface area contributed by atoms with Crippen LogP contribution in [0.5, 0.6) is 0 Å². The number of carbonyl (C=O) groups is 1. The molecule has 0 unspecified atom stereocenters. The van der Waals surface area contributed by atoms with E-state index in [2.05, 4.69) is 72.8 Å². The minimum absolute atomic E-state index is 0.241. The average molecular weight is 346 g/mol. The van der Waals surface area contributed by atoms with Gasteiger partial charge in [-0.25, -0.2) is 0 Å². The molecule has 2 heteroatoms. The number of hydrogen-bond donors (Lipinski definition) is 0. The van der Waals surface area contributed by atoms with Crippen LogP contribution in [0.1, 0.15) is 20.3 Å². The Morgan fingerprint density at radius 2 is 1.00 bits per heavy atom. The van der Waals surface area contributed by atoms with E-state index in [0.717, 1.165) is 5.29 Å². The summed E-state index contributed by atoms with van der Waals surface area (Å²) in [6.45, 7) is 1.83. The highest BCUT2D eigenvalue weighted by molar-refractivity contribution is 7.96. The van der Waals surface area contributed by atoms with E-state index in [1.165, 1.54) is 15.9 Å². The molecule has 0 amide bonds. The first-order valence-electron chi connectivity index (χ1n) is 8.64. The molecule has 0 spiro atoms. The first-order chi connectivity index (χ1) is 12.2. The van der Waals surface area contributed by atoms with E-state index in [0.29, 0.717) is 6.42 Å². The molecule has 0 aliphatic rings. The van der Waals surface area contributed by atoms with Crippen LogP contribution in [0.4, 0.5) is 0 Å². The van der Waals surface area contributed by atoms with Crippen molar-refractivity contribution in [3.63, 3.8) is 0 Å². The number of benzene rings is 3. The SMILES string of the molecule is CCC(=O)C(C)=P(c1ccccc1)(c1ccccc1)c1ccccc1. The lowest BCUT2D eigenvalue weighted by Gasteiger charge is -2.31. The molecule has 0 aliphatic heterocycles. The molecule has 0 aromatic heterocycles. The lowest BCUT2D eigenvalue weighted by molar-refractivity contribution is -0.112. The Morgan fingerprint density at radius 3 is 1.28 bits per heavy atom. The molecule has 0 bridgehead atoms. The fourth-order valence-corrected chi connectivity index (χ4v) is 7.87. The third-order valence-electron chi connectivity index (χ3n) is 4.66. The Kier molecular flexibility index (Phi) is 5.36.